The Labute approximate surface area is 201 Å². The second-order valence-corrected chi connectivity index (χ2v) is 8.62. The molecule has 0 saturated carbocycles. The van der Waals surface area contributed by atoms with Crippen molar-refractivity contribution in [3.63, 3.8) is 0 Å². The van der Waals surface area contributed by atoms with Gasteiger partial charge in [0, 0.05) is 31.4 Å². The molecule has 0 unspecified atom stereocenters. The molecule has 1 aromatic carbocycles. The molecule has 4 rings (SSSR count). The minimum atomic E-state index is -0.825. The van der Waals surface area contributed by atoms with Crippen LogP contribution in [0.5, 0.6) is 0 Å². The van der Waals surface area contributed by atoms with Crippen molar-refractivity contribution in [2.45, 2.75) is 18.9 Å². The van der Waals surface area contributed by atoms with Gasteiger partial charge in [0.15, 0.2) is 0 Å². The molecule has 0 spiro atoms. The van der Waals surface area contributed by atoms with Crippen LogP contribution in [0.1, 0.15) is 22.5 Å². The lowest BCUT2D eigenvalue weighted by molar-refractivity contribution is -0.123. The number of morpholine rings is 1. The van der Waals surface area contributed by atoms with E-state index in [1.165, 1.54) is 12.1 Å². The third-order valence-electron chi connectivity index (χ3n) is 5.75. The number of pyridine rings is 1. The van der Waals surface area contributed by atoms with Crippen LogP contribution < -0.4 is 10.6 Å². The fourth-order valence-corrected chi connectivity index (χ4v) is 4.06. The highest BCUT2D eigenvalue weighted by molar-refractivity contribution is 6.30. The molecule has 1 aliphatic heterocycles. The van der Waals surface area contributed by atoms with Gasteiger partial charge in [0.1, 0.15) is 22.7 Å². The fraction of sp³-hybridized carbons (Fsp3) is 0.375. The molecule has 8 nitrogen and oxygen atoms in total. The zero-order valence-corrected chi connectivity index (χ0v) is 19.4. The number of nitrogens with one attached hydrogen (secondary N) is 3. The van der Waals surface area contributed by atoms with E-state index in [-0.39, 0.29) is 18.1 Å². The van der Waals surface area contributed by atoms with Crippen molar-refractivity contribution in [3.8, 4) is 0 Å². The molecule has 1 fully saturated rings. The molecule has 3 heterocycles. The summed E-state index contributed by atoms with van der Waals surface area (Å²) in [7, 11) is 0. The lowest BCUT2D eigenvalue weighted by atomic mass is 10.0. The zero-order valence-electron chi connectivity index (χ0n) is 18.7. The van der Waals surface area contributed by atoms with Gasteiger partial charge in [-0.1, -0.05) is 23.7 Å². The van der Waals surface area contributed by atoms with Crippen molar-refractivity contribution >= 4 is 34.3 Å². The number of halogens is 2. The highest BCUT2D eigenvalue weighted by atomic mass is 35.5. The molecule has 1 aliphatic rings. The van der Waals surface area contributed by atoms with E-state index in [2.05, 4.69) is 25.5 Å². The van der Waals surface area contributed by atoms with Gasteiger partial charge in [0.2, 0.25) is 5.91 Å². The van der Waals surface area contributed by atoms with Crippen molar-refractivity contribution in [1.82, 2.24) is 25.5 Å². The molecule has 2 aromatic heterocycles. The molecule has 1 atom stereocenters. The summed E-state index contributed by atoms with van der Waals surface area (Å²) in [5, 5.41) is 6.79. The van der Waals surface area contributed by atoms with Crippen LogP contribution in [0.15, 0.2) is 42.6 Å². The number of aromatic amines is 1. The average Bonchev–Trinajstić information content (AvgIpc) is 3.26. The predicted molar refractivity (Wildman–Crippen MR) is 127 cm³/mol. The Balaban J connectivity index is 1.40. The standard InChI is InChI=1S/C24H27ClFN5O3/c25-22-14-17-13-20(29-21(17)15-28-22)24(33)30-19(12-16-2-4-18(26)5-3-16)23(32)27-6-1-7-31-8-10-34-11-9-31/h2-5,13-15,19,29H,1,6-12H2,(H,27,32)(H,30,33)/t19-/m0/s1. The van der Waals surface area contributed by atoms with Gasteiger partial charge in [-0.2, -0.15) is 0 Å². The Kier molecular flexibility index (Phi) is 8.10. The summed E-state index contributed by atoms with van der Waals surface area (Å²) in [6.07, 6.45) is 2.57. The van der Waals surface area contributed by atoms with Crippen molar-refractivity contribution < 1.29 is 18.7 Å². The van der Waals surface area contributed by atoms with Crippen LogP contribution in [0.25, 0.3) is 10.9 Å². The number of carbonyl (C=O) groups excluding carboxylic acids is 2. The van der Waals surface area contributed by atoms with Crippen molar-refractivity contribution in [2.24, 2.45) is 0 Å². The number of amides is 2. The van der Waals surface area contributed by atoms with E-state index < -0.39 is 11.9 Å². The number of rotatable bonds is 9. The number of nitrogens with zero attached hydrogens (tertiary/aromatic N) is 2. The smallest absolute Gasteiger partial charge is 0.268 e. The van der Waals surface area contributed by atoms with Gasteiger partial charge in [-0.15, -0.1) is 0 Å². The maximum atomic E-state index is 13.3. The summed E-state index contributed by atoms with van der Waals surface area (Å²) in [5.74, 6) is -1.08. The lowest BCUT2D eigenvalue weighted by Crippen LogP contribution is -2.48. The first kappa shape index (κ1) is 24.1. The molecule has 0 radical (unpaired) electrons. The van der Waals surface area contributed by atoms with Gasteiger partial charge in [0.25, 0.3) is 5.91 Å². The number of benzene rings is 1. The minimum Gasteiger partial charge on any atom is -0.379 e. The Morgan fingerprint density at radius 3 is 2.74 bits per heavy atom. The molecule has 1 saturated heterocycles. The van der Waals surface area contributed by atoms with Crippen LogP contribution in [-0.4, -0.2) is 72.1 Å². The van der Waals surface area contributed by atoms with E-state index in [0.717, 1.165) is 50.2 Å². The van der Waals surface area contributed by atoms with Crippen molar-refractivity contribution in [3.05, 3.63) is 64.8 Å². The predicted octanol–water partition coefficient (Wildman–Crippen LogP) is 2.54. The maximum Gasteiger partial charge on any atom is 0.268 e. The Morgan fingerprint density at radius 1 is 1.21 bits per heavy atom. The summed E-state index contributed by atoms with van der Waals surface area (Å²) in [6, 6.07) is 8.38. The Bertz CT molecular complexity index is 1130. The van der Waals surface area contributed by atoms with Crippen LogP contribution in [0.3, 0.4) is 0 Å². The number of aromatic nitrogens is 2. The quantitative estimate of drug-likeness (QED) is 0.318. The number of fused-ring (bicyclic) bond motifs is 1. The Morgan fingerprint density at radius 2 is 1.97 bits per heavy atom. The van der Waals surface area contributed by atoms with Crippen LogP contribution in [-0.2, 0) is 16.0 Å². The second kappa shape index (κ2) is 11.4. The van der Waals surface area contributed by atoms with Crippen LogP contribution in [0.4, 0.5) is 4.39 Å². The molecule has 2 amide bonds. The van der Waals surface area contributed by atoms with E-state index in [1.807, 2.05) is 0 Å². The van der Waals surface area contributed by atoms with Crippen LogP contribution >= 0.6 is 11.6 Å². The van der Waals surface area contributed by atoms with Crippen molar-refractivity contribution in [2.75, 3.05) is 39.4 Å². The summed E-state index contributed by atoms with van der Waals surface area (Å²) >= 11 is 5.93. The first-order valence-electron chi connectivity index (χ1n) is 11.3. The van der Waals surface area contributed by atoms with E-state index in [4.69, 9.17) is 16.3 Å². The first-order valence-corrected chi connectivity index (χ1v) is 11.6. The van der Waals surface area contributed by atoms with Crippen LogP contribution in [0.2, 0.25) is 5.15 Å². The van der Waals surface area contributed by atoms with Gasteiger partial charge in [-0.25, -0.2) is 9.37 Å². The number of hydrogen-bond acceptors (Lipinski definition) is 5. The molecular weight excluding hydrogens is 461 g/mol. The normalized spacial score (nSPS) is 15.2. The highest BCUT2D eigenvalue weighted by Crippen LogP contribution is 2.18. The molecule has 34 heavy (non-hydrogen) atoms. The van der Waals surface area contributed by atoms with Gasteiger partial charge in [-0.3, -0.25) is 14.5 Å². The molecule has 180 valence electrons. The number of carbonyl (C=O) groups is 2. The summed E-state index contributed by atoms with van der Waals surface area (Å²) in [6.45, 7) is 4.60. The van der Waals surface area contributed by atoms with Gasteiger partial charge >= 0.3 is 0 Å². The number of hydrogen-bond donors (Lipinski definition) is 3. The Hall–Kier alpha value is -3.01. The minimum absolute atomic E-state index is 0.231. The number of H-pyrrole nitrogens is 1. The van der Waals surface area contributed by atoms with Crippen molar-refractivity contribution in [1.29, 1.82) is 0 Å². The largest absolute Gasteiger partial charge is 0.379 e. The summed E-state index contributed by atoms with van der Waals surface area (Å²) in [5.41, 5.74) is 1.70. The molecule has 3 N–H and O–H groups in total. The zero-order chi connectivity index (χ0) is 23.9. The average molecular weight is 488 g/mol. The van der Waals surface area contributed by atoms with E-state index in [0.29, 0.717) is 22.9 Å². The van der Waals surface area contributed by atoms with Crippen LogP contribution in [0, 0.1) is 5.82 Å². The van der Waals surface area contributed by atoms with E-state index in [9.17, 15) is 14.0 Å². The summed E-state index contributed by atoms with van der Waals surface area (Å²) < 4.78 is 18.7. The third-order valence-corrected chi connectivity index (χ3v) is 5.95. The lowest BCUT2D eigenvalue weighted by Gasteiger charge is -2.26. The summed E-state index contributed by atoms with van der Waals surface area (Å²) in [4.78, 5) is 35.2. The maximum absolute atomic E-state index is 13.3. The topological polar surface area (TPSA) is 99.3 Å². The molecule has 3 aromatic rings. The monoisotopic (exact) mass is 487 g/mol. The molecular formula is C24H27ClFN5O3. The highest BCUT2D eigenvalue weighted by Gasteiger charge is 2.23. The fourth-order valence-electron chi connectivity index (χ4n) is 3.89. The van der Waals surface area contributed by atoms with E-state index >= 15 is 0 Å². The van der Waals surface area contributed by atoms with Gasteiger partial charge in [0.05, 0.1) is 24.9 Å². The van der Waals surface area contributed by atoms with Gasteiger partial charge in [-0.05, 0) is 42.8 Å². The number of ether oxygens (including phenoxy) is 1. The first-order chi connectivity index (χ1) is 16.5. The SMILES string of the molecule is O=C(N[C@@H](Cc1ccc(F)cc1)C(=O)NCCCN1CCOCC1)c1cc2cc(Cl)ncc2[nH]1. The second-order valence-electron chi connectivity index (χ2n) is 8.23. The van der Waals surface area contributed by atoms with E-state index in [1.54, 1.807) is 30.5 Å². The molecule has 0 bridgehead atoms. The van der Waals surface area contributed by atoms with Gasteiger partial charge < -0.3 is 20.4 Å². The molecule has 10 heteroatoms. The molecule has 0 aliphatic carbocycles. The third kappa shape index (κ3) is 6.53.